The van der Waals surface area contributed by atoms with Gasteiger partial charge in [0.1, 0.15) is 5.60 Å². The van der Waals surface area contributed by atoms with Crippen LogP contribution in [0.4, 0.5) is 0 Å². The lowest BCUT2D eigenvalue weighted by molar-refractivity contribution is -0.289. The minimum absolute atomic E-state index is 0.296. The van der Waals surface area contributed by atoms with Crippen LogP contribution in [0.2, 0.25) is 0 Å². The number of carbonyl (C=O) groups is 2. The van der Waals surface area contributed by atoms with Crippen LogP contribution in [0, 0.1) is 0 Å². The van der Waals surface area contributed by atoms with Crippen LogP contribution >= 0.6 is 0 Å². The molecule has 0 heterocycles. The Morgan fingerprint density at radius 1 is 1.21 bits per heavy atom. The minimum atomic E-state index is -2.03. The van der Waals surface area contributed by atoms with Crippen LogP contribution < -0.4 is 0 Å². The molecule has 6 heteroatoms. The van der Waals surface area contributed by atoms with E-state index in [2.05, 4.69) is 13.2 Å². The Balaban J connectivity index is 5.56. The molecular formula is C13H20O6. The minimum Gasteiger partial charge on any atom is -0.416 e. The van der Waals surface area contributed by atoms with Crippen LogP contribution in [0.1, 0.15) is 27.2 Å². The van der Waals surface area contributed by atoms with Crippen molar-refractivity contribution >= 4 is 11.9 Å². The molecule has 0 radical (unpaired) electrons. The van der Waals surface area contributed by atoms with E-state index in [1.807, 2.05) is 0 Å². The molecule has 1 atom stereocenters. The predicted octanol–water partition coefficient (Wildman–Crippen LogP) is 0.683. The maximum atomic E-state index is 11.4. The van der Waals surface area contributed by atoms with Crippen LogP contribution in [0.3, 0.4) is 0 Å². The summed E-state index contributed by atoms with van der Waals surface area (Å²) in [6, 6.07) is 0. The fourth-order valence-corrected chi connectivity index (χ4v) is 1.40. The molecule has 0 rings (SSSR count). The summed E-state index contributed by atoms with van der Waals surface area (Å²) >= 11 is 0. The van der Waals surface area contributed by atoms with E-state index in [9.17, 15) is 19.8 Å². The van der Waals surface area contributed by atoms with Gasteiger partial charge in [0, 0.05) is 12.2 Å². The maximum absolute atomic E-state index is 11.4. The molecule has 1 unspecified atom stereocenters. The number of ether oxygens (including phenoxy) is 2. The molecule has 0 aliphatic carbocycles. The van der Waals surface area contributed by atoms with E-state index in [0.29, 0.717) is 0 Å². The second-order valence-electron chi connectivity index (χ2n) is 4.62. The van der Waals surface area contributed by atoms with Crippen molar-refractivity contribution in [2.45, 2.75) is 44.7 Å². The molecule has 0 spiro atoms. The highest BCUT2D eigenvalue weighted by Gasteiger charge is 2.52. The Kier molecular flexibility index (Phi) is 5.92. The zero-order valence-electron chi connectivity index (χ0n) is 11.4. The largest absolute Gasteiger partial charge is 0.416 e. The Labute approximate surface area is 112 Å². The first-order valence-electron chi connectivity index (χ1n) is 5.69. The summed E-state index contributed by atoms with van der Waals surface area (Å²) in [5, 5.41) is 19.6. The normalized spacial score (nSPS) is 13.3. The molecule has 0 aliphatic rings. The zero-order valence-corrected chi connectivity index (χ0v) is 11.4. The molecule has 0 bridgehead atoms. The van der Waals surface area contributed by atoms with Crippen molar-refractivity contribution in [3.05, 3.63) is 25.3 Å². The van der Waals surface area contributed by atoms with Crippen molar-refractivity contribution in [3.63, 3.8) is 0 Å². The monoisotopic (exact) mass is 272 g/mol. The fraction of sp³-hybridized carbons (Fsp3) is 0.538. The van der Waals surface area contributed by atoms with Gasteiger partial charge in [-0.3, -0.25) is 0 Å². The number of carbonyl (C=O) groups excluding carboxylic acids is 2. The highest BCUT2D eigenvalue weighted by Crippen LogP contribution is 2.33. The third-order valence-electron chi connectivity index (χ3n) is 2.36. The summed E-state index contributed by atoms with van der Waals surface area (Å²) in [7, 11) is 0. The average Bonchev–Trinajstić information content (AvgIpc) is 2.25. The van der Waals surface area contributed by atoms with Gasteiger partial charge in [-0.15, -0.1) is 0 Å². The second kappa shape index (κ2) is 6.49. The first kappa shape index (κ1) is 17.3. The maximum Gasteiger partial charge on any atom is 0.333 e. The molecule has 0 aromatic rings. The van der Waals surface area contributed by atoms with Crippen LogP contribution in [0.15, 0.2) is 25.3 Å². The molecule has 0 aromatic carbocycles. The lowest BCUT2D eigenvalue weighted by Gasteiger charge is -2.41. The second-order valence-corrected chi connectivity index (χ2v) is 4.62. The van der Waals surface area contributed by atoms with Gasteiger partial charge in [0.15, 0.2) is 0 Å². The van der Waals surface area contributed by atoms with Crippen LogP contribution in [-0.4, -0.2) is 39.6 Å². The molecule has 0 fully saturated rings. The van der Waals surface area contributed by atoms with Gasteiger partial charge in [0.25, 0.3) is 5.79 Å². The summed E-state index contributed by atoms with van der Waals surface area (Å²) in [5.41, 5.74) is -1.73. The van der Waals surface area contributed by atoms with E-state index >= 15 is 0 Å². The molecule has 108 valence electrons. The molecule has 0 saturated carbocycles. The van der Waals surface area contributed by atoms with Gasteiger partial charge < -0.3 is 19.7 Å². The molecule has 0 aromatic heterocycles. The molecule has 0 amide bonds. The Morgan fingerprint density at radius 2 is 1.58 bits per heavy atom. The summed E-state index contributed by atoms with van der Waals surface area (Å²) in [4.78, 5) is 22.8. The summed E-state index contributed by atoms with van der Waals surface area (Å²) in [5.74, 6) is -3.81. The van der Waals surface area contributed by atoms with Crippen molar-refractivity contribution in [1.82, 2.24) is 0 Å². The number of hydrogen-bond acceptors (Lipinski definition) is 6. The molecule has 6 nitrogen and oxygen atoms in total. The molecule has 19 heavy (non-hydrogen) atoms. The van der Waals surface area contributed by atoms with Gasteiger partial charge in [0.2, 0.25) is 0 Å². The van der Waals surface area contributed by atoms with Crippen molar-refractivity contribution in [2.75, 3.05) is 0 Å². The van der Waals surface area contributed by atoms with Crippen LogP contribution in [-0.2, 0) is 19.1 Å². The van der Waals surface area contributed by atoms with Gasteiger partial charge in [0.05, 0.1) is 12.5 Å². The van der Waals surface area contributed by atoms with Crippen LogP contribution in [0.25, 0.3) is 0 Å². The summed E-state index contributed by atoms with van der Waals surface area (Å²) in [6.45, 7) is 10.4. The smallest absolute Gasteiger partial charge is 0.333 e. The third-order valence-corrected chi connectivity index (χ3v) is 2.36. The molecule has 2 N–H and O–H groups in total. The lowest BCUT2D eigenvalue weighted by atomic mass is 9.91. The molecular weight excluding hydrogens is 252 g/mol. The number of hydrogen-bond donors (Lipinski definition) is 2. The molecule has 0 saturated heterocycles. The predicted molar refractivity (Wildman–Crippen MR) is 67.9 cm³/mol. The summed E-state index contributed by atoms with van der Waals surface area (Å²) in [6.07, 6.45) is 0.450. The first-order chi connectivity index (χ1) is 8.58. The summed E-state index contributed by atoms with van der Waals surface area (Å²) < 4.78 is 9.95. The van der Waals surface area contributed by atoms with Gasteiger partial charge in [-0.05, 0) is 20.8 Å². The fourth-order valence-electron chi connectivity index (χ4n) is 1.40. The van der Waals surface area contributed by atoms with E-state index < -0.39 is 29.4 Å². The van der Waals surface area contributed by atoms with Gasteiger partial charge >= 0.3 is 11.9 Å². The lowest BCUT2D eigenvalue weighted by Crippen LogP contribution is -2.57. The number of aliphatic hydroxyl groups is 2. The topological polar surface area (TPSA) is 93.1 Å². The average molecular weight is 272 g/mol. The SMILES string of the molecule is C=CC(=O)OC(CC(C)O)(OC(=O)C=C)C(C)(C)O. The van der Waals surface area contributed by atoms with Gasteiger partial charge in [-0.1, -0.05) is 13.2 Å². The first-order valence-corrected chi connectivity index (χ1v) is 5.69. The Bertz CT molecular complexity index is 342. The third kappa shape index (κ3) is 4.84. The van der Waals surface area contributed by atoms with E-state index in [0.717, 1.165) is 12.2 Å². The van der Waals surface area contributed by atoms with Crippen molar-refractivity contribution < 1.29 is 29.3 Å². The van der Waals surface area contributed by atoms with E-state index in [-0.39, 0.29) is 6.42 Å². The highest BCUT2D eigenvalue weighted by molar-refractivity contribution is 5.83. The van der Waals surface area contributed by atoms with E-state index in [1.165, 1.54) is 20.8 Å². The number of esters is 2. The van der Waals surface area contributed by atoms with E-state index in [1.54, 1.807) is 0 Å². The highest BCUT2D eigenvalue weighted by atomic mass is 16.7. The standard InChI is InChI=1S/C13H20O6/c1-6-10(15)18-13(8-9(3)14,12(4,5)17)19-11(16)7-2/h6-7,9,14,17H,1-2,8H2,3-5H3. The Hall–Kier alpha value is -1.66. The van der Waals surface area contributed by atoms with Gasteiger partial charge in [-0.2, -0.15) is 0 Å². The number of rotatable bonds is 7. The van der Waals surface area contributed by atoms with Crippen molar-refractivity contribution in [3.8, 4) is 0 Å². The zero-order chi connectivity index (χ0) is 15.3. The number of aliphatic hydroxyl groups excluding tert-OH is 1. The Morgan fingerprint density at radius 3 is 1.79 bits per heavy atom. The van der Waals surface area contributed by atoms with Crippen LogP contribution in [0.5, 0.6) is 0 Å². The van der Waals surface area contributed by atoms with E-state index in [4.69, 9.17) is 9.47 Å². The van der Waals surface area contributed by atoms with Crippen molar-refractivity contribution in [1.29, 1.82) is 0 Å². The van der Waals surface area contributed by atoms with Gasteiger partial charge in [-0.25, -0.2) is 9.59 Å². The quantitative estimate of drug-likeness (QED) is 0.402. The molecule has 0 aliphatic heterocycles. The van der Waals surface area contributed by atoms with Crippen molar-refractivity contribution in [2.24, 2.45) is 0 Å².